The number of carbonyl (C=O) groups is 1. The molecule has 9 nitrogen and oxygen atoms in total. The number of aromatic nitrogens is 2. The third-order valence-electron chi connectivity index (χ3n) is 4.36. The maximum Gasteiger partial charge on any atom is 0.291 e. The Kier molecular flexibility index (Phi) is 7.00. The standard InChI is InChI=1S/C22H22N4O5/c1-28-16-8-5-14(6-9-16)17-12-23-13-18(25-17)22(27)26-24-11-15-7-10-19(29-2)21(31-4)20(15)30-3/h5-13H,1-4H3,(H,26,27)/b24-11+. The normalized spacial score (nSPS) is 10.6. The van der Waals surface area contributed by atoms with Crippen molar-refractivity contribution in [2.24, 2.45) is 5.10 Å². The summed E-state index contributed by atoms with van der Waals surface area (Å²) in [7, 11) is 6.15. The lowest BCUT2D eigenvalue weighted by Crippen LogP contribution is -2.19. The van der Waals surface area contributed by atoms with Crippen LogP contribution in [0.4, 0.5) is 0 Å². The Morgan fingerprint density at radius 2 is 1.65 bits per heavy atom. The molecule has 0 bridgehead atoms. The second kappa shape index (κ2) is 10.1. The van der Waals surface area contributed by atoms with Crippen LogP contribution in [0, 0.1) is 0 Å². The van der Waals surface area contributed by atoms with Crippen LogP contribution >= 0.6 is 0 Å². The summed E-state index contributed by atoms with van der Waals surface area (Å²) in [5.41, 5.74) is 4.53. The minimum atomic E-state index is -0.501. The van der Waals surface area contributed by atoms with Gasteiger partial charge in [-0.3, -0.25) is 9.78 Å². The van der Waals surface area contributed by atoms with E-state index in [4.69, 9.17) is 18.9 Å². The average molecular weight is 422 g/mol. The highest BCUT2D eigenvalue weighted by molar-refractivity contribution is 5.94. The van der Waals surface area contributed by atoms with Gasteiger partial charge in [-0.1, -0.05) is 0 Å². The average Bonchev–Trinajstić information content (AvgIpc) is 2.83. The fourth-order valence-electron chi connectivity index (χ4n) is 2.82. The number of nitrogens with zero attached hydrogens (tertiary/aromatic N) is 3. The van der Waals surface area contributed by atoms with Crippen molar-refractivity contribution >= 4 is 12.1 Å². The van der Waals surface area contributed by atoms with Gasteiger partial charge in [-0.25, -0.2) is 10.4 Å². The van der Waals surface area contributed by atoms with E-state index in [-0.39, 0.29) is 5.69 Å². The third kappa shape index (κ3) is 4.89. The summed E-state index contributed by atoms with van der Waals surface area (Å²) in [5.74, 6) is 1.61. The number of methoxy groups -OCH3 is 4. The van der Waals surface area contributed by atoms with Crippen molar-refractivity contribution in [1.82, 2.24) is 15.4 Å². The van der Waals surface area contributed by atoms with Gasteiger partial charge in [0, 0.05) is 11.1 Å². The molecule has 0 aliphatic heterocycles. The Bertz CT molecular complexity index is 1080. The minimum Gasteiger partial charge on any atom is -0.497 e. The van der Waals surface area contributed by atoms with Crippen molar-refractivity contribution in [2.75, 3.05) is 28.4 Å². The van der Waals surface area contributed by atoms with Gasteiger partial charge in [-0.15, -0.1) is 0 Å². The SMILES string of the molecule is COc1ccc(-c2cncc(C(=O)N/N=C/c3ccc(OC)c(OC)c3OC)n2)cc1. The summed E-state index contributed by atoms with van der Waals surface area (Å²) in [6.07, 6.45) is 4.39. The van der Waals surface area contributed by atoms with Crippen LogP contribution < -0.4 is 24.4 Å². The number of carbonyl (C=O) groups excluding carboxylic acids is 1. The van der Waals surface area contributed by atoms with Gasteiger partial charge in [0.1, 0.15) is 11.4 Å². The van der Waals surface area contributed by atoms with Crippen LogP contribution in [0.3, 0.4) is 0 Å². The molecule has 3 rings (SSSR count). The number of nitrogens with one attached hydrogen (secondary N) is 1. The molecule has 160 valence electrons. The summed E-state index contributed by atoms with van der Waals surface area (Å²) < 4.78 is 21.1. The molecule has 2 aromatic carbocycles. The van der Waals surface area contributed by atoms with Gasteiger partial charge in [-0.05, 0) is 36.4 Å². The Balaban J connectivity index is 1.76. The molecular formula is C22H22N4O5. The molecule has 9 heteroatoms. The molecule has 0 spiro atoms. The molecule has 1 amide bonds. The van der Waals surface area contributed by atoms with E-state index in [1.165, 1.54) is 33.7 Å². The van der Waals surface area contributed by atoms with Gasteiger partial charge in [0.05, 0.1) is 52.7 Å². The van der Waals surface area contributed by atoms with Gasteiger partial charge >= 0.3 is 0 Å². The molecular weight excluding hydrogens is 400 g/mol. The molecule has 0 unspecified atom stereocenters. The van der Waals surface area contributed by atoms with E-state index in [1.54, 1.807) is 25.4 Å². The quantitative estimate of drug-likeness (QED) is 0.440. The van der Waals surface area contributed by atoms with E-state index in [2.05, 4.69) is 20.5 Å². The Labute approximate surface area is 179 Å². The molecule has 0 saturated heterocycles. The Morgan fingerprint density at radius 3 is 2.29 bits per heavy atom. The fourth-order valence-corrected chi connectivity index (χ4v) is 2.82. The second-order valence-electron chi connectivity index (χ2n) is 6.14. The van der Waals surface area contributed by atoms with Crippen molar-refractivity contribution in [3.63, 3.8) is 0 Å². The van der Waals surface area contributed by atoms with E-state index in [0.29, 0.717) is 28.5 Å². The highest BCUT2D eigenvalue weighted by Crippen LogP contribution is 2.38. The zero-order chi connectivity index (χ0) is 22.2. The molecule has 1 N–H and O–H groups in total. The zero-order valence-corrected chi connectivity index (χ0v) is 17.6. The molecule has 3 aromatic rings. The first kappa shape index (κ1) is 21.6. The zero-order valence-electron chi connectivity index (χ0n) is 17.6. The summed E-state index contributed by atoms with van der Waals surface area (Å²) in [6, 6.07) is 10.8. The second-order valence-corrected chi connectivity index (χ2v) is 6.14. The van der Waals surface area contributed by atoms with Crippen molar-refractivity contribution in [1.29, 1.82) is 0 Å². The van der Waals surface area contributed by atoms with E-state index in [0.717, 1.165) is 11.3 Å². The smallest absolute Gasteiger partial charge is 0.291 e. The van der Waals surface area contributed by atoms with Gasteiger partial charge in [0.25, 0.3) is 5.91 Å². The highest BCUT2D eigenvalue weighted by Gasteiger charge is 2.15. The van der Waals surface area contributed by atoms with Gasteiger partial charge in [0.15, 0.2) is 11.5 Å². The predicted octanol–water partition coefficient (Wildman–Crippen LogP) is 2.94. The van der Waals surface area contributed by atoms with Crippen LogP contribution in [0.25, 0.3) is 11.3 Å². The van der Waals surface area contributed by atoms with E-state index >= 15 is 0 Å². The van der Waals surface area contributed by atoms with Crippen molar-refractivity contribution in [3.8, 4) is 34.3 Å². The highest BCUT2D eigenvalue weighted by atomic mass is 16.5. The number of hydrogen-bond acceptors (Lipinski definition) is 8. The van der Waals surface area contributed by atoms with Crippen LogP contribution in [-0.2, 0) is 0 Å². The van der Waals surface area contributed by atoms with Crippen LogP contribution in [0.1, 0.15) is 16.1 Å². The van der Waals surface area contributed by atoms with Crippen molar-refractivity contribution < 1.29 is 23.7 Å². The third-order valence-corrected chi connectivity index (χ3v) is 4.36. The number of hydrazone groups is 1. The number of benzene rings is 2. The van der Waals surface area contributed by atoms with Crippen LogP contribution in [0.2, 0.25) is 0 Å². The van der Waals surface area contributed by atoms with E-state index in [1.807, 2.05) is 24.3 Å². The summed E-state index contributed by atoms with van der Waals surface area (Å²) in [6.45, 7) is 0. The lowest BCUT2D eigenvalue weighted by atomic mass is 10.1. The molecule has 31 heavy (non-hydrogen) atoms. The Hall–Kier alpha value is -4.14. The van der Waals surface area contributed by atoms with Gasteiger partial charge in [0.2, 0.25) is 5.75 Å². The first-order chi connectivity index (χ1) is 15.1. The summed E-state index contributed by atoms with van der Waals surface area (Å²) >= 11 is 0. The number of amides is 1. The first-order valence-corrected chi connectivity index (χ1v) is 9.20. The number of hydrogen-bond donors (Lipinski definition) is 1. The molecule has 0 saturated carbocycles. The lowest BCUT2D eigenvalue weighted by Gasteiger charge is -2.13. The maximum absolute atomic E-state index is 12.5. The molecule has 0 radical (unpaired) electrons. The minimum absolute atomic E-state index is 0.129. The van der Waals surface area contributed by atoms with Crippen LogP contribution in [0.5, 0.6) is 23.0 Å². The summed E-state index contributed by atoms with van der Waals surface area (Å²) in [4.78, 5) is 20.9. The largest absolute Gasteiger partial charge is 0.497 e. The summed E-state index contributed by atoms with van der Waals surface area (Å²) in [5, 5.41) is 4.00. The maximum atomic E-state index is 12.5. The van der Waals surface area contributed by atoms with Crippen molar-refractivity contribution in [3.05, 3.63) is 60.0 Å². The monoisotopic (exact) mass is 422 g/mol. The molecule has 0 aliphatic rings. The number of ether oxygens (including phenoxy) is 4. The Morgan fingerprint density at radius 1 is 0.903 bits per heavy atom. The lowest BCUT2D eigenvalue weighted by molar-refractivity contribution is 0.0950. The number of rotatable bonds is 8. The van der Waals surface area contributed by atoms with Crippen LogP contribution in [0.15, 0.2) is 53.9 Å². The van der Waals surface area contributed by atoms with Crippen LogP contribution in [-0.4, -0.2) is 50.5 Å². The van der Waals surface area contributed by atoms with E-state index < -0.39 is 5.91 Å². The van der Waals surface area contributed by atoms with Gasteiger partial charge in [-0.2, -0.15) is 5.10 Å². The van der Waals surface area contributed by atoms with Gasteiger partial charge < -0.3 is 18.9 Å². The molecule has 1 heterocycles. The topological polar surface area (TPSA) is 104 Å². The first-order valence-electron chi connectivity index (χ1n) is 9.20. The molecule has 1 aromatic heterocycles. The van der Waals surface area contributed by atoms with Crippen molar-refractivity contribution in [2.45, 2.75) is 0 Å². The predicted molar refractivity (Wildman–Crippen MR) is 115 cm³/mol. The molecule has 0 fully saturated rings. The molecule has 0 aliphatic carbocycles. The van der Waals surface area contributed by atoms with E-state index in [9.17, 15) is 4.79 Å². The fraction of sp³-hybridized carbons (Fsp3) is 0.182. The molecule has 0 atom stereocenters.